The van der Waals surface area contributed by atoms with Crippen molar-refractivity contribution < 1.29 is 14.4 Å². The van der Waals surface area contributed by atoms with Crippen molar-refractivity contribution in [2.75, 3.05) is 27.2 Å². The lowest BCUT2D eigenvalue weighted by atomic mass is 9.85. The summed E-state index contributed by atoms with van der Waals surface area (Å²) in [6.45, 7) is 12.9. The van der Waals surface area contributed by atoms with E-state index < -0.39 is 17.5 Å². The van der Waals surface area contributed by atoms with E-state index in [1.54, 1.807) is 14.1 Å². The second-order valence-corrected chi connectivity index (χ2v) is 8.99. The van der Waals surface area contributed by atoms with Crippen molar-refractivity contribution in [1.29, 1.82) is 0 Å². The molecular weight excluding hydrogens is 332 g/mol. The molecule has 26 heavy (non-hydrogen) atoms. The van der Waals surface area contributed by atoms with Crippen molar-refractivity contribution in [2.24, 2.45) is 17.3 Å². The van der Waals surface area contributed by atoms with Crippen LogP contribution in [0.4, 0.5) is 4.79 Å². The minimum absolute atomic E-state index is 0.0535. The molecule has 0 spiro atoms. The average molecular weight is 369 g/mol. The van der Waals surface area contributed by atoms with Crippen molar-refractivity contribution >= 4 is 17.8 Å². The van der Waals surface area contributed by atoms with Gasteiger partial charge >= 0.3 is 6.03 Å². The first kappa shape index (κ1) is 22.3. The monoisotopic (exact) mass is 368 g/mol. The third kappa shape index (κ3) is 5.88. The third-order valence-corrected chi connectivity index (χ3v) is 5.12. The lowest BCUT2D eigenvalue weighted by Gasteiger charge is -2.35. The molecule has 1 fully saturated rings. The Balaban J connectivity index is 2.79. The van der Waals surface area contributed by atoms with Gasteiger partial charge in [0.05, 0.1) is 6.54 Å². The minimum atomic E-state index is -0.648. The number of nitrogens with one attached hydrogen (secondary N) is 2. The van der Waals surface area contributed by atoms with Crippen molar-refractivity contribution in [3.63, 3.8) is 0 Å². The maximum atomic E-state index is 13.2. The van der Waals surface area contributed by atoms with Crippen molar-refractivity contribution in [3.05, 3.63) is 0 Å². The van der Waals surface area contributed by atoms with Crippen LogP contribution in [0.3, 0.4) is 0 Å². The summed E-state index contributed by atoms with van der Waals surface area (Å²) in [7, 11) is 3.26. The summed E-state index contributed by atoms with van der Waals surface area (Å²) in [5.41, 5.74) is -0.435. The van der Waals surface area contributed by atoms with Gasteiger partial charge in [-0.3, -0.25) is 9.59 Å². The Labute approximate surface area is 157 Å². The molecule has 0 aromatic heterocycles. The molecule has 0 saturated carbocycles. The Bertz CT molecular complexity index is 525. The minimum Gasteiger partial charge on any atom is -0.347 e. The highest BCUT2D eigenvalue weighted by Gasteiger charge is 2.41. The molecule has 0 bridgehead atoms. The molecule has 7 heteroatoms. The highest BCUT2D eigenvalue weighted by molar-refractivity contribution is 5.89. The first-order chi connectivity index (χ1) is 11.8. The maximum Gasteiger partial charge on any atom is 0.315 e. The zero-order valence-corrected chi connectivity index (χ0v) is 17.5. The molecule has 1 rings (SSSR count). The van der Waals surface area contributed by atoms with Gasteiger partial charge in [0.25, 0.3) is 0 Å². The number of amides is 4. The molecule has 1 heterocycles. The Morgan fingerprint density at radius 1 is 1.19 bits per heavy atom. The topological polar surface area (TPSA) is 81.8 Å². The van der Waals surface area contributed by atoms with Gasteiger partial charge in [0.1, 0.15) is 6.04 Å². The van der Waals surface area contributed by atoms with Gasteiger partial charge in [-0.2, -0.15) is 0 Å². The van der Waals surface area contributed by atoms with Crippen molar-refractivity contribution in [1.82, 2.24) is 20.4 Å². The van der Waals surface area contributed by atoms with Crippen LogP contribution >= 0.6 is 0 Å². The van der Waals surface area contributed by atoms with Crippen LogP contribution in [-0.2, 0) is 9.59 Å². The first-order valence-corrected chi connectivity index (χ1v) is 9.39. The quantitative estimate of drug-likeness (QED) is 0.775. The fourth-order valence-corrected chi connectivity index (χ4v) is 3.17. The lowest BCUT2D eigenvalue weighted by Crippen LogP contribution is -2.57. The normalized spacial score (nSPS) is 21.5. The SMILES string of the molecule is CC(C)[C@@H]1C[C@@H](C)N(C(=O)C(NC(=O)NCC(=O)N(C)C)C(C)(C)C)C1. The predicted octanol–water partition coefficient (Wildman–Crippen LogP) is 1.68. The maximum absolute atomic E-state index is 13.2. The Kier molecular flexibility index (Phi) is 7.47. The standard InChI is InChI=1S/C19H36N4O3/c1-12(2)14-9-13(3)23(11-14)17(25)16(19(4,5)6)21-18(26)20-10-15(24)22(7)8/h12-14,16H,9-11H2,1-8H3,(H2,20,21,26)/t13-,14-,16?/m1/s1. The van der Waals surface area contributed by atoms with Gasteiger partial charge < -0.3 is 20.4 Å². The molecule has 1 aliphatic heterocycles. The Hall–Kier alpha value is -1.79. The second-order valence-electron chi connectivity index (χ2n) is 8.99. The van der Waals surface area contributed by atoms with Crippen molar-refractivity contribution in [3.8, 4) is 0 Å². The molecule has 4 amide bonds. The number of nitrogens with zero attached hydrogens (tertiary/aromatic N) is 2. The van der Waals surface area contributed by atoms with Crippen LogP contribution in [-0.4, -0.2) is 66.9 Å². The Morgan fingerprint density at radius 3 is 2.19 bits per heavy atom. The van der Waals surface area contributed by atoms with Crippen LogP contribution in [0, 0.1) is 17.3 Å². The van der Waals surface area contributed by atoms with Gasteiger partial charge in [-0.15, -0.1) is 0 Å². The summed E-state index contributed by atoms with van der Waals surface area (Å²) < 4.78 is 0. The number of carbonyl (C=O) groups is 3. The third-order valence-electron chi connectivity index (χ3n) is 5.12. The zero-order valence-electron chi connectivity index (χ0n) is 17.5. The van der Waals surface area contributed by atoms with Crippen LogP contribution in [0.5, 0.6) is 0 Å². The van der Waals surface area contributed by atoms with Gasteiger partial charge in [0.2, 0.25) is 11.8 Å². The lowest BCUT2D eigenvalue weighted by molar-refractivity contribution is -0.136. The molecule has 0 radical (unpaired) electrons. The highest BCUT2D eigenvalue weighted by atomic mass is 16.2. The van der Waals surface area contributed by atoms with Gasteiger partial charge in [0, 0.05) is 26.7 Å². The van der Waals surface area contributed by atoms with E-state index in [4.69, 9.17) is 0 Å². The Morgan fingerprint density at radius 2 is 1.77 bits per heavy atom. The van der Waals surface area contributed by atoms with E-state index in [2.05, 4.69) is 31.4 Å². The van der Waals surface area contributed by atoms with Crippen LogP contribution in [0.2, 0.25) is 0 Å². The number of urea groups is 1. The molecular formula is C19H36N4O3. The molecule has 1 unspecified atom stereocenters. The molecule has 0 aromatic carbocycles. The average Bonchev–Trinajstić information content (AvgIpc) is 2.90. The molecule has 2 N–H and O–H groups in total. The van der Waals surface area contributed by atoms with Crippen LogP contribution in [0.1, 0.15) is 48.0 Å². The van der Waals surface area contributed by atoms with Crippen LogP contribution in [0.25, 0.3) is 0 Å². The molecule has 1 aliphatic rings. The number of likely N-dealkylation sites (N-methyl/N-ethyl adjacent to an activating group) is 1. The van der Waals surface area contributed by atoms with Crippen LogP contribution < -0.4 is 10.6 Å². The number of likely N-dealkylation sites (tertiary alicyclic amines) is 1. The van der Waals surface area contributed by atoms with Crippen molar-refractivity contribution in [2.45, 2.75) is 60.0 Å². The summed E-state index contributed by atoms with van der Waals surface area (Å²) in [6.07, 6.45) is 0.990. The highest BCUT2D eigenvalue weighted by Crippen LogP contribution is 2.31. The number of rotatable bonds is 5. The number of hydrogen-bond acceptors (Lipinski definition) is 3. The predicted molar refractivity (Wildman–Crippen MR) is 103 cm³/mol. The zero-order chi connectivity index (χ0) is 20.2. The summed E-state index contributed by atoms with van der Waals surface area (Å²) in [6, 6.07) is -0.981. The smallest absolute Gasteiger partial charge is 0.315 e. The van der Waals surface area contributed by atoms with E-state index in [1.807, 2.05) is 25.7 Å². The van der Waals surface area contributed by atoms with Gasteiger partial charge in [-0.05, 0) is 30.6 Å². The first-order valence-electron chi connectivity index (χ1n) is 9.39. The molecule has 3 atom stereocenters. The fraction of sp³-hybridized carbons (Fsp3) is 0.842. The largest absolute Gasteiger partial charge is 0.347 e. The van der Waals surface area contributed by atoms with Gasteiger partial charge in [-0.25, -0.2) is 4.79 Å². The number of hydrogen-bond donors (Lipinski definition) is 2. The molecule has 0 aliphatic carbocycles. The van der Waals surface area contributed by atoms with Crippen LogP contribution in [0.15, 0.2) is 0 Å². The number of carbonyl (C=O) groups excluding carboxylic acids is 3. The summed E-state index contributed by atoms with van der Waals surface area (Å²) in [5.74, 6) is 0.756. The van der Waals surface area contributed by atoms with E-state index >= 15 is 0 Å². The molecule has 1 saturated heterocycles. The van der Waals surface area contributed by atoms with Gasteiger partial charge in [-0.1, -0.05) is 34.6 Å². The van der Waals surface area contributed by atoms with Gasteiger partial charge in [0.15, 0.2) is 0 Å². The summed E-state index contributed by atoms with van der Waals surface area (Å²) in [5, 5.41) is 5.32. The van der Waals surface area contributed by atoms with E-state index in [-0.39, 0.29) is 24.4 Å². The van der Waals surface area contributed by atoms with E-state index in [1.165, 1.54) is 4.90 Å². The van der Waals surface area contributed by atoms with E-state index in [9.17, 15) is 14.4 Å². The molecule has 0 aromatic rings. The van der Waals surface area contributed by atoms with E-state index in [0.717, 1.165) is 13.0 Å². The molecule has 7 nitrogen and oxygen atoms in total. The molecule has 150 valence electrons. The summed E-state index contributed by atoms with van der Waals surface area (Å²) >= 11 is 0. The fourth-order valence-electron chi connectivity index (χ4n) is 3.17. The van der Waals surface area contributed by atoms with E-state index in [0.29, 0.717) is 11.8 Å². The summed E-state index contributed by atoms with van der Waals surface area (Å²) in [4.78, 5) is 40.3. The second kappa shape index (κ2) is 8.73.